The molecule has 1 atom stereocenters. The fraction of sp³-hybridized carbons (Fsp3) is 0.538. The number of halogens is 1. The molecule has 2 nitrogen and oxygen atoms in total. The average Bonchev–Trinajstić information content (AvgIpc) is 2.95. The highest BCUT2D eigenvalue weighted by atomic mass is 35.5. The Morgan fingerprint density at radius 1 is 1.47 bits per heavy atom. The van der Waals surface area contributed by atoms with Gasteiger partial charge < -0.3 is 10.1 Å². The molecule has 1 fully saturated rings. The van der Waals surface area contributed by atoms with Gasteiger partial charge >= 0.3 is 0 Å². The summed E-state index contributed by atoms with van der Waals surface area (Å²) in [6.07, 6.45) is 2.26. The van der Waals surface area contributed by atoms with Crippen molar-refractivity contribution in [3.8, 4) is 5.75 Å². The van der Waals surface area contributed by atoms with E-state index in [0.717, 1.165) is 30.3 Å². The number of rotatable bonds is 3. The second-order valence-corrected chi connectivity index (χ2v) is 6.18. The first-order valence-corrected chi connectivity index (χ1v) is 7.61. The molecule has 3 rings (SSSR count). The molecule has 1 unspecified atom stereocenters. The Kier molecular flexibility index (Phi) is 3.50. The van der Waals surface area contributed by atoms with Crippen LogP contribution in [0.2, 0.25) is 5.02 Å². The molecule has 0 saturated carbocycles. The molecule has 4 heteroatoms. The van der Waals surface area contributed by atoms with Gasteiger partial charge in [-0.05, 0) is 29.9 Å². The topological polar surface area (TPSA) is 21.3 Å². The first-order valence-electron chi connectivity index (χ1n) is 6.08. The Morgan fingerprint density at radius 3 is 3.24 bits per heavy atom. The fourth-order valence-corrected chi connectivity index (χ4v) is 3.88. The highest BCUT2D eigenvalue weighted by Gasteiger charge is 2.19. The smallest absolute Gasteiger partial charge is 0.127 e. The molecule has 0 amide bonds. The van der Waals surface area contributed by atoms with E-state index in [2.05, 4.69) is 5.32 Å². The van der Waals surface area contributed by atoms with Crippen molar-refractivity contribution in [2.45, 2.75) is 25.4 Å². The molecule has 17 heavy (non-hydrogen) atoms. The number of hydrogen-bond acceptors (Lipinski definition) is 3. The maximum absolute atomic E-state index is 6.14. The van der Waals surface area contributed by atoms with Crippen LogP contribution in [0.4, 0.5) is 0 Å². The van der Waals surface area contributed by atoms with Gasteiger partial charge in [0.15, 0.2) is 0 Å². The zero-order valence-electron chi connectivity index (χ0n) is 9.67. The van der Waals surface area contributed by atoms with E-state index < -0.39 is 0 Å². The van der Waals surface area contributed by atoms with Gasteiger partial charge in [0.1, 0.15) is 5.75 Å². The minimum atomic E-state index is 0.649. The maximum atomic E-state index is 6.14. The van der Waals surface area contributed by atoms with Crippen LogP contribution >= 0.6 is 23.4 Å². The summed E-state index contributed by atoms with van der Waals surface area (Å²) in [5, 5.41) is 4.42. The lowest BCUT2D eigenvalue weighted by Crippen LogP contribution is -2.28. The van der Waals surface area contributed by atoms with E-state index in [1.807, 2.05) is 23.9 Å². The zero-order valence-corrected chi connectivity index (χ0v) is 11.2. The first kappa shape index (κ1) is 11.7. The highest BCUT2D eigenvalue weighted by Crippen LogP contribution is 2.33. The van der Waals surface area contributed by atoms with E-state index in [1.165, 1.54) is 29.1 Å². The van der Waals surface area contributed by atoms with Crippen molar-refractivity contribution >= 4 is 23.4 Å². The Hall–Kier alpha value is -0.380. The normalized spacial score (nSPS) is 22.5. The standard InChI is InChI=1S/C13H16ClNOS/c14-11-5-9-1-3-16-13(9)10(6-11)7-15-12-2-4-17-8-12/h5-6,12,15H,1-4,7-8H2. The van der Waals surface area contributed by atoms with E-state index in [9.17, 15) is 0 Å². The summed E-state index contributed by atoms with van der Waals surface area (Å²) in [5.41, 5.74) is 2.47. The van der Waals surface area contributed by atoms with E-state index >= 15 is 0 Å². The minimum absolute atomic E-state index is 0.649. The Balaban J connectivity index is 1.73. The van der Waals surface area contributed by atoms with Gasteiger partial charge in [0, 0.05) is 35.3 Å². The summed E-state index contributed by atoms with van der Waals surface area (Å²) in [6.45, 7) is 1.66. The third-order valence-corrected chi connectivity index (χ3v) is 4.72. The van der Waals surface area contributed by atoms with Crippen LogP contribution in [-0.4, -0.2) is 24.2 Å². The van der Waals surface area contributed by atoms with Gasteiger partial charge in [-0.1, -0.05) is 11.6 Å². The largest absolute Gasteiger partial charge is 0.493 e. The van der Waals surface area contributed by atoms with Crippen molar-refractivity contribution in [2.24, 2.45) is 0 Å². The summed E-state index contributed by atoms with van der Waals surface area (Å²) in [5.74, 6) is 3.57. The Morgan fingerprint density at radius 2 is 2.41 bits per heavy atom. The lowest BCUT2D eigenvalue weighted by molar-refractivity contribution is 0.351. The van der Waals surface area contributed by atoms with Crippen LogP contribution in [0.5, 0.6) is 5.75 Å². The quantitative estimate of drug-likeness (QED) is 0.912. The predicted molar refractivity (Wildman–Crippen MR) is 73.2 cm³/mol. The predicted octanol–water partition coefficient (Wildman–Crippen LogP) is 2.87. The van der Waals surface area contributed by atoms with Crippen molar-refractivity contribution in [2.75, 3.05) is 18.1 Å². The highest BCUT2D eigenvalue weighted by molar-refractivity contribution is 7.99. The zero-order chi connectivity index (χ0) is 11.7. The van der Waals surface area contributed by atoms with Gasteiger partial charge in [0.05, 0.1) is 6.61 Å². The minimum Gasteiger partial charge on any atom is -0.493 e. The van der Waals surface area contributed by atoms with Crippen LogP contribution in [0, 0.1) is 0 Å². The van der Waals surface area contributed by atoms with Gasteiger partial charge in [0.25, 0.3) is 0 Å². The first-order chi connectivity index (χ1) is 8.33. The molecular weight excluding hydrogens is 254 g/mol. The third kappa shape index (κ3) is 2.56. The summed E-state index contributed by atoms with van der Waals surface area (Å²) < 4.78 is 5.70. The monoisotopic (exact) mass is 269 g/mol. The maximum Gasteiger partial charge on any atom is 0.127 e. The van der Waals surface area contributed by atoms with Crippen LogP contribution < -0.4 is 10.1 Å². The third-order valence-electron chi connectivity index (χ3n) is 3.34. The molecule has 2 aliphatic heterocycles. The summed E-state index contributed by atoms with van der Waals surface area (Å²) in [7, 11) is 0. The van der Waals surface area contributed by atoms with Crippen LogP contribution in [0.25, 0.3) is 0 Å². The summed E-state index contributed by atoms with van der Waals surface area (Å²) >= 11 is 8.16. The van der Waals surface area contributed by atoms with Crippen LogP contribution in [-0.2, 0) is 13.0 Å². The molecule has 1 N–H and O–H groups in total. The van der Waals surface area contributed by atoms with Crippen molar-refractivity contribution in [1.29, 1.82) is 0 Å². The summed E-state index contributed by atoms with van der Waals surface area (Å²) in [4.78, 5) is 0. The lowest BCUT2D eigenvalue weighted by atomic mass is 10.1. The molecule has 0 aromatic heterocycles. The second kappa shape index (κ2) is 5.09. The molecule has 0 bridgehead atoms. The lowest BCUT2D eigenvalue weighted by Gasteiger charge is -2.14. The average molecular weight is 270 g/mol. The summed E-state index contributed by atoms with van der Waals surface area (Å²) in [6, 6.07) is 4.70. The van der Waals surface area contributed by atoms with Crippen LogP contribution in [0.1, 0.15) is 17.5 Å². The SMILES string of the molecule is Clc1cc2c(c(CNC3CCSC3)c1)OCC2. The van der Waals surface area contributed by atoms with Crippen LogP contribution in [0.15, 0.2) is 12.1 Å². The molecular formula is C13H16ClNOS. The van der Waals surface area contributed by atoms with Gasteiger partial charge in [-0.25, -0.2) is 0 Å². The Bertz CT molecular complexity index is 418. The van der Waals surface area contributed by atoms with E-state index in [1.54, 1.807) is 0 Å². The second-order valence-electron chi connectivity index (χ2n) is 4.59. The van der Waals surface area contributed by atoms with E-state index in [4.69, 9.17) is 16.3 Å². The van der Waals surface area contributed by atoms with E-state index in [0.29, 0.717) is 6.04 Å². The number of thioether (sulfide) groups is 1. The molecule has 1 aromatic carbocycles. The van der Waals surface area contributed by atoms with E-state index in [-0.39, 0.29) is 0 Å². The van der Waals surface area contributed by atoms with Gasteiger partial charge in [0.2, 0.25) is 0 Å². The number of benzene rings is 1. The molecule has 1 saturated heterocycles. The molecule has 2 aliphatic rings. The molecule has 92 valence electrons. The van der Waals surface area contributed by atoms with Gasteiger partial charge in [-0.2, -0.15) is 11.8 Å². The number of nitrogens with one attached hydrogen (secondary N) is 1. The molecule has 0 aliphatic carbocycles. The molecule has 0 radical (unpaired) electrons. The number of ether oxygens (including phenoxy) is 1. The van der Waals surface area contributed by atoms with Crippen molar-refractivity contribution < 1.29 is 4.74 Å². The van der Waals surface area contributed by atoms with Gasteiger partial charge in [-0.15, -0.1) is 0 Å². The Labute approximate surface area is 111 Å². The molecule has 0 spiro atoms. The molecule has 2 heterocycles. The van der Waals surface area contributed by atoms with Crippen molar-refractivity contribution in [3.63, 3.8) is 0 Å². The fourth-order valence-electron chi connectivity index (χ4n) is 2.43. The molecule has 1 aromatic rings. The number of fused-ring (bicyclic) bond motifs is 1. The van der Waals surface area contributed by atoms with Crippen LogP contribution in [0.3, 0.4) is 0 Å². The van der Waals surface area contributed by atoms with Crippen molar-refractivity contribution in [1.82, 2.24) is 5.32 Å². The number of hydrogen-bond donors (Lipinski definition) is 1. The van der Waals surface area contributed by atoms with Crippen molar-refractivity contribution in [3.05, 3.63) is 28.3 Å². The van der Waals surface area contributed by atoms with Gasteiger partial charge in [-0.3, -0.25) is 0 Å².